The maximum atomic E-state index is 4.95. The van der Waals surface area contributed by atoms with E-state index in [2.05, 4.69) is 39.4 Å². The van der Waals surface area contributed by atoms with Crippen molar-refractivity contribution in [1.29, 1.82) is 0 Å². The molecule has 5 heteroatoms. The fraction of sp³-hybridized carbons (Fsp3) is 0.316. The first-order valence-electron chi connectivity index (χ1n) is 8.63. The van der Waals surface area contributed by atoms with Crippen molar-refractivity contribution in [3.05, 3.63) is 47.8 Å². The molecule has 1 N–H and O–H groups in total. The first-order valence-corrected chi connectivity index (χ1v) is 8.63. The van der Waals surface area contributed by atoms with Crippen molar-refractivity contribution < 1.29 is 0 Å². The zero-order valence-corrected chi connectivity index (χ0v) is 13.5. The number of fused-ring (bicyclic) bond motifs is 1. The molecule has 1 saturated heterocycles. The Morgan fingerprint density at radius 3 is 2.67 bits per heavy atom. The van der Waals surface area contributed by atoms with Gasteiger partial charge in [0.25, 0.3) is 0 Å². The van der Waals surface area contributed by atoms with Crippen LogP contribution in [-0.2, 0) is 12.8 Å². The van der Waals surface area contributed by atoms with E-state index in [1.165, 1.54) is 29.7 Å². The smallest absolute Gasteiger partial charge is 0.226 e. The number of H-pyrrole nitrogens is 1. The van der Waals surface area contributed by atoms with Crippen molar-refractivity contribution in [2.24, 2.45) is 0 Å². The molecular formula is C19H19N5. The maximum Gasteiger partial charge on any atom is 0.226 e. The number of aromatic nitrogens is 4. The maximum absolute atomic E-state index is 4.95. The predicted octanol–water partition coefficient (Wildman–Crippen LogP) is 3.23. The quantitative estimate of drug-likeness (QED) is 0.806. The zero-order valence-electron chi connectivity index (χ0n) is 13.5. The van der Waals surface area contributed by atoms with E-state index in [-0.39, 0.29) is 0 Å². The summed E-state index contributed by atoms with van der Waals surface area (Å²) in [6.07, 6.45) is 6.36. The summed E-state index contributed by atoms with van der Waals surface area (Å²) in [6, 6.07) is 10.6. The van der Waals surface area contributed by atoms with Crippen molar-refractivity contribution in [3.63, 3.8) is 0 Å². The molecule has 2 aliphatic rings. The SMILES string of the molecule is c1cc(-c2ccn[nH]2)cc(-c2nc(N3CCC3)nc3c2CCC3)c1. The van der Waals surface area contributed by atoms with Gasteiger partial charge in [-0.3, -0.25) is 5.10 Å². The van der Waals surface area contributed by atoms with Crippen LogP contribution in [0.5, 0.6) is 0 Å². The van der Waals surface area contributed by atoms with Crippen LogP contribution in [0.15, 0.2) is 36.5 Å². The zero-order chi connectivity index (χ0) is 15.9. The fourth-order valence-corrected chi connectivity index (χ4v) is 3.57. The molecule has 0 amide bonds. The van der Waals surface area contributed by atoms with E-state index in [1.54, 1.807) is 6.20 Å². The third-order valence-electron chi connectivity index (χ3n) is 5.01. The Kier molecular flexibility index (Phi) is 3.11. The van der Waals surface area contributed by atoms with E-state index in [4.69, 9.17) is 9.97 Å². The minimum absolute atomic E-state index is 0.906. The highest BCUT2D eigenvalue weighted by Gasteiger charge is 2.24. The highest BCUT2D eigenvalue weighted by atomic mass is 15.3. The molecule has 1 aliphatic heterocycles. The van der Waals surface area contributed by atoms with Gasteiger partial charge in [0.15, 0.2) is 0 Å². The van der Waals surface area contributed by atoms with Gasteiger partial charge in [-0.1, -0.05) is 18.2 Å². The Hall–Kier alpha value is -2.69. The molecule has 0 atom stereocenters. The number of nitrogens with one attached hydrogen (secondary N) is 1. The molecule has 1 fully saturated rings. The molecule has 5 rings (SSSR count). The molecule has 3 heterocycles. The van der Waals surface area contributed by atoms with Crippen molar-refractivity contribution in [1.82, 2.24) is 20.2 Å². The molecule has 120 valence electrons. The van der Waals surface area contributed by atoms with Crippen molar-refractivity contribution in [3.8, 4) is 22.5 Å². The topological polar surface area (TPSA) is 57.7 Å². The van der Waals surface area contributed by atoms with Gasteiger partial charge in [0.1, 0.15) is 0 Å². The van der Waals surface area contributed by atoms with Gasteiger partial charge < -0.3 is 4.90 Å². The van der Waals surface area contributed by atoms with Gasteiger partial charge in [-0.05, 0) is 37.8 Å². The number of aromatic amines is 1. The second kappa shape index (κ2) is 5.44. The Morgan fingerprint density at radius 2 is 1.88 bits per heavy atom. The molecule has 1 aromatic carbocycles. The third-order valence-corrected chi connectivity index (χ3v) is 5.01. The van der Waals surface area contributed by atoms with Crippen LogP contribution in [0.2, 0.25) is 0 Å². The molecule has 2 aromatic heterocycles. The lowest BCUT2D eigenvalue weighted by molar-refractivity contribution is 0.599. The Labute approximate surface area is 140 Å². The van der Waals surface area contributed by atoms with E-state index < -0.39 is 0 Å². The number of nitrogens with zero attached hydrogens (tertiary/aromatic N) is 4. The predicted molar refractivity (Wildman–Crippen MR) is 93.9 cm³/mol. The Balaban J connectivity index is 1.63. The van der Waals surface area contributed by atoms with Crippen LogP contribution in [0.1, 0.15) is 24.1 Å². The van der Waals surface area contributed by atoms with Gasteiger partial charge in [-0.15, -0.1) is 0 Å². The number of hydrogen-bond acceptors (Lipinski definition) is 4. The monoisotopic (exact) mass is 317 g/mol. The molecule has 0 bridgehead atoms. The Bertz CT molecular complexity index is 881. The minimum atomic E-state index is 0.906. The molecule has 5 nitrogen and oxygen atoms in total. The highest BCUT2D eigenvalue weighted by Crippen LogP contribution is 2.34. The van der Waals surface area contributed by atoms with E-state index in [9.17, 15) is 0 Å². The summed E-state index contributed by atoms with van der Waals surface area (Å²) >= 11 is 0. The summed E-state index contributed by atoms with van der Waals surface area (Å²) < 4.78 is 0. The normalized spacial score (nSPS) is 16.1. The van der Waals surface area contributed by atoms with Crippen molar-refractivity contribution in [2.45, 2.75) is 25.7 Å². The van der Waals surface area contributed by atoms with Gasteiger partial charge in [0.05, 0.1) is 11.4 Å². The van der Waals surface area contributed by atoms with Crippen LogP contribution in [0, 0.1) is 0 Å². The molecule has 0 unspecified atom stereocenters. The standard InChI is InChI=1S/C19H19N5/c1-4-13(16-8-9-20-23-16)12-14(5-1)18-15-6-2-7-17(15)21-19(22-18)24-10-3-11-24/h1,4-5,8-9,12H,2-3,6-7,10-11H2,(H,20,23). The molecular weight excluding hydrogens is 298 g/mol. The van der Waals surface area contributed by atoms with Gasteiger partial charge in [-0.25, -0.2) is 9.97 Å². The average molecular weight is 317 g/mol. The lowest BCUT2D eigenvalue weighted by atomic mass is 10.0. The minimum Gasteiger partial charge on any atom is -0.341 e. The summed E-state index contributed by atoms with van der Waals surface area (Å²) in [4.78, 5) is 12.1. The molecule has 0 radical (unpaired) electrons. The van der Waals surface area contributed by atoms with Crippen LogP contribution in [0.3, 0.4) is 0 Å². The van der Waals surface area contributed by atoms with Gasteiger partial charge >= 0.3 is 0 Å². The number of aryl methyl sites for hydroxylation is 1. The van der Waals surface area contributed by atoms with Crippen LogP contribution in [0.4, 0.5) is 5.95 Å². The lowest BCUT2D eigenvalue weighted by Gasteiger charge is -2.31. The van der Waals surface area contributed by atoms with Gasteiger partial charge in [0.2, 0.25) is 5.95 Å². The number of anilines is 1. The van der Waals surface area contributed by atoms with Crippen LogP contribution in [0.25, 0.3) is 22.5 Å². The van der Waals surface area contributed by atoms with Crippen LogP contribution in [-0.4, -0.2) is 33.3 Å². The number of benzene rings is 1. The van der Waals surface area contributed by atoms with E-state index in [1.807, 2.05) is 6.07 Å². The summed E-state index contributed by atoms with van der Waals surface area (Å²) in [5.74, 6) is 0.906. The lowest BCUT2D eigenvalue weighted by Crippen LogP contribution is -2.38. The summed E-state index contributed by atoms with van der Waals surface area (Å²) in [6.45, 7) is 2.15. The van der Waals surface area contributed by atoms with E-state index >= 15 is 0 Å². The first kappa shape index (κ1) is 13.7. The van der Waals surface area contributed by atoms with Crippen molar-refractivity contribution in [2.75, 3.05) is 18.0 Å². The van der Waals surface area contributed by atoms with Crippen molar-refractivity contribution >= 4 is 5.95 Å². The van der Waals surface area contributed by atoms with Gasteiger partial charge in [0, 0.05) is 41.7 Å². The van der Waals surface area contributed by atoms with Crippen LogP contribution >= 0.6 is 0 Å². The molecule has 3 aromatic rings. The molecule has 0 saturated carbocycles. The largest absolute Gasteiger partial charge is 0.341 e. The summed E-state index contributed by atoms with van der Waals surface area (Å²) in [5, 5.41) is 7.10. The second-order valence-corrected chi connectivity index (χ2v) is 6.54. The van der Waals surface area contributed by atoms with Gasteiger partial charge in [-0.2, -0.15) is 5.10 Å². The number of rotatable bonds is 3. The number of hydrogen-bond donors (Lipinski definition) is 1. The van der Waals surface area contributed by atoms with E-state index in [0.29, 0.717) is 0 Å². The van der Waals surface area contributed by atoms with Crippen LogP contribution < -0.4 is 4.90 Å². The highest BCUT2D eigenvalue weighted by molar-refractivity contribution is 5.72. The Morgan fingerprint density at radius 1 is 0.958 bits per heavy atom. The molecule has 0 spiro atoms. The molecule has 24 heavy (non-hydrogen) atoms. The third kappa shape index (κ3) is 2.19. The molecule has 1 aliphatic carbocycles. The average Bonchev–Trinajstić information content (AvgIpc) is 3.24. The fourth-order valence-electron chi connectivity index (χ4n) is 3.57. The van der Waals surface area contributed by atoms with E-state index in [0.717, 1.165) is 48.8 Å². The summed E-state index contributed by atoms with van der Waals surface area (Å²) in [5.41, 5.74) is 7.03. The second-order valence-electron chi connectivity index (χ2n) is 6.54. The first-order chi connectivity index (χ1) is 11.9. The summed E-state index contributed by atoms with van der Waals surface area (Å²) in [7, 11) is 0.